The van der Waals surface area contributed by atoms with Crippen LogP contribution >= 0.6 is 11.6 Å². The largest absolute Gasteiger partial charge is 0.486 e. The van der Waals surface area contributed by atoms with Gasteiger partial charge in [-0.15, -0.1) is 0 Å². The van der Waals surface area contributed by atoms with E-state index in [9.17, 15) is 9.59 Å². The van der Waals surface area contributed by atoms with Crippen molar-refractivity contribution in [3.63, 3.8) is 0 Å². The highest BCUT2D eigenvalue weighted by Gasteiger charge is 2.26. The monoisotopic (exact) mass is 402 g/mol. The zero-order chi connectivity index (χ0) is 20.3. The number of amides is 2. The van der Waals surface area contributed by atoms with Gasteiger partial charge in [-0.3, -0.25) is 9.59 Å². The minimum absolute atomic E-state index is 0.120. The number of fused-ring (bicyclic) bond motifs is 1. The molecular weight excluding hydrogens is 380 g/mol. The lowest BCUT2D eigenvalue weighted by atomic mass is 10.0. The van der Waals surface area contributed by atoms with Crippen LogP contribution < -0.4 is 20.1 Å². The second-order valence-corrected chi connectivity index (χ2v) is 7.43. The lowest BCUT2D eigenvalue weighted by Gasteiger charge is -2.23. The summed E-state index contributed by atoms with van der Waals surface area (Å²) in [5.41, 5.74) is 1.97. The number of carbonyl (C=O) groups is 2. The van der Waals surface area contributed by atoms with Crippen molar-refractivity contribution in [2.75, 3.05) is 18.5 Å². The lowest BCUT2D eigenvalue weighted by Crippen LogP contribution is -2.47. The average Bonchev–Trinajstić information content (AvgIpc) is 2.66. The van der Waals surface area contributed by atoms with Gasteiger partial charge in [-0.05, 0) is 25.0 Å². The fourth-order valence-corrected chi connectivity index (χ4v) is 3.04. The first-order valence-electron chi connectivity index (χ1n) is 9.12. The first kappa shape index (κ1) is 20.0. The van der Waals surface area contributed by atoms with Crippen LogP contribution in [0.2, 0.25) is 5.02 Å². The Morgan fingerprint density at radius 2 is 1.64 bits per heavy atom. The number of halogens is 1. The predicted octanol–water partition coefficient (Wildman–Crippen LogP) is 3.81. The fraction of sp³-hybridized carbons (Fsp3) is 0.333. The van der Waals surface area contributed by atoms with E-state index in [-0.39, 0.29) is 17.7 Å². The molecule has 0 bridgehead atoms. The summed E-state index contributed by atoms with van der Waals surface area (Å²) in [6.45, 7) is 6.57. The van der Waals surface area contributed by atoms with Gasteiger partial charge < -0.3 is 20.1 Å². The van der Waals surface area contributed by atoms with E-state index >= 15 is 0 Å². The maximum absolute atomic E-state index is 12.8. The predicted molar refractivity (Wildman–Crippen MR) is 108 cm³/mol. The molecule has 148 valence electrons. The number of aryl methyl sites for hydroxylation is 1. The number of ether oxygens (including phenoxy) is 2. The normalized spacial score (nSPS) is 13.8. The maximum Gasteiger partial charge on any atom is 0.251 e. The Morgan fingerprint density at radius 1 is 1.04 bits per heavy atom. The quantitative estimate of drug-likeness (QED) is 0.797. The molecule has 0 aliphatic carbocycles. The third kappa shape index (κ3) is 4.57. The molecular formula is C21H23ClN2O4. The molecule has 1 atom stereocenters. The van der Waals surface area contributed by atoms with Gasteiger partial charge in [0.1, 0.15) is 19.3 Å². The molecule has 6 nitrogen and oxygen atoms in total. The minimum atomic E-state index is -0.724. The highest BCUT2D eigenvalue weighted by Crippen LogP contribution is 2.38. The highest BCUT2D eigenvalue weighted by atomic mass is 35.5. The molecule has 0 unspecified atom stereocenters. The first-order valence-corrected chi connectivity index (χ1v) is 9.50. The summed E-state index contributed by atoms with van der Waals surface area (Å²) in [4.78, 5) is 25.4. The first-order chi connectivity index (χ1) is 13.3. The van der Waals surface area contributed by atoms with Crippen LogP contribution in [0.4, 0.5) is 5.69 Å². The van der Waals surface area contributed by atoms with Crippen molar-refractivity contribution in [3.05, 3.63) is 52.5 Å². The summed E-state index contributed by atoms with van der Waals surface area (Å²) in [6, 6.07) is 9.70. The molecule has 2 aromatic rings. The van der Waals surface area contributed by atoms with Crippen LogP contribution in [0.1, 0.15) is 29.8 Å². The van der Waals surface area contributed by atoms with Crippen LogP contribution in [0.5, 0.6) is 11.5 Å². The van der Waals surface area contributed by atoms with Crippen LogP contribution in [-0.4, -0.2) is 31.1 Å². The number of rotatable bonds is 5. The number of benzene rings is 2. The Labute approximate surface area is 169 Å². The van der Waals surface area contributed by atoms with Crippen LogP contribution in [0, 0.1) is 12.8 Å². The van der Waals surface area contributed by atoms with Crippen molar-refractivity contribution in [1.29, 1.82) is 0 Å². The van der Waals surface area contributed by atoms with Gasteiger partial charge in [0.25, 0.3) is 5.91 Å². The van der Waals surface area contributed by atoms with Gasteiger partial charge in [0.2, 0.25) is 5.91 Å². The van der Waals surface area contributed by atoms with Gasteiger partial charge in [0.15, 0.2) is 11.5 Å². The number of hydrogen-bond donors (Lipinski definition) is 2. The van der Waals surface area contributed by atoms with Crippen LogP contribution in [-0.2, 0) is 4.79 Å². The van der Waals surface area contributed by atoms with E-state index in [1.807, 2.05) is 32.9 Å². The molecule has 1 aliphatic heterocycles. The Kier molecular flexibility index (Phi) is 6.09. The lowest BCUT2D eigenvalue weighted by molar-refractivity contribution is -0.118. The van der Waals surface area contributed by atoms with E-state index in [0.717, 1.165) is 5.56 Å². The van der Waals surface area contributed by atoms with Crippen LogP contribution in [0.25, 0.3) is 0 Å². The van der Waals surface area contributed by atoms with Gasteiger partial charge in [-0.25, -0.2) is 0 Å². The number of nitrogens with one attached hydrogen (secondary N) is 2. The van der Waals surface area contributed by atoms with E-state index in [0.29, 0.717) is 41.0 Å². The minimum Gasteiger partial charge on any atom is -0.486 e. The van der Waals surface area contributed by atoms with Gasteiger partial charge in [-0.1, -0.05) is 43.1 Å². The Hall–Kier alpha value is -2.73. The summed E-state index contributed by atoms with van der Waals surface area (Å²) in [7, 11) is 0. The van der Waals surface area contributed by atoms with E-state index in [2.05, 4.69) is 10.6 Å². The number of hydrogen-bond acceptors (Lipinski definition) is 4. The summed E-state index contributed by atoms with van der Waals surface area (Å²) < 4.78 is 11.0. The third-order valence-corrected chi connectivity index (χ3v) is 4.75. The highest BCUT2D eigenvalue weighted by molar-refractivity contribution is 6.34. The van der Waals surface area contributed by atoms with E-state index in [1.54, 1.807) is 24.3 Å². The molecule has 2 N–H and O–H groups in total. The van der Waals surface area contributed by atoms with Gasteiger partial charge in [-0.2, -0.15) is 0 Å². The molecule has 0 aromatic heterocycles. The molecule has 0 saturated heterocycles. The SMILES string of the molecule is Cc1ccc(C(=O)N[C@H](C(=O)Nc2cc3c(cc2Cl)OCCO3)C(C)C)cc1. The third-order valence-electron chi connectivity index (χ3n) is 4.44. The standard InChI is InChI=1S/C21H23ClN2O4/c1-12(2)19(24-20(25)14-6-4-13(3)5-7-14)21(26)23-16-11-18-17(10-15(16)22)27-8-9-28-18/h4-7,10-12,19H,8-9H2,1-3H3,(H,23,26)(H,24,25)/t19-/m0/s1. The zero-order valence-electron chi connectivity index (χ0n) is 16.0. The summed E-state index contributed by atoms with van der Waals surface area (Å²) in [5.74, 6) is 0.291. The van der Waals surface area contributed by atoms with Crippen molar-refractivity contribution in [3.8, 4) is 11.5 Å². The molecule has 7 heteroatoms. The van der Waals surface area contributed by atoms with E-state index in [1.165, 1.54) is 0 Å². The second-order valence-electron chi connectivity index (χ2n) is 7.03. The van der Waals surface area contributed by atoms with Crippen molar-refractivity contribution < 1.29 is 19.1 Å². The van der Waals surface area contributed by atoms with Crippen molar-refractivity contribution in [2.45, 2.75) is 26.8 Å². The smallest absolute Gasteiger partial charge is 0.251 e. The molecule has 0 radical (unpaired) electrons. The molecule has 1 aliphatic rings. The summed E-state index contributed by atoms with van der Waals surface area (Å²) in [6.07, 6.45) is 0. The van der Waals surface area contributed by atoms with Gasteiger partial charge in [0, 0.05) is 17.7 Å². The second kappa shape index (κ2) is 8.52. The zero-order valence-corrected chi connectivity index (χ0v) is 16.8. The summed E-state index contributed by atoms with van der Waals surface area (Å²) >= 11 is 6.27. The molecule has 0 saturated carbocycles. The Balaban J connectivity index is 1.74. The fourth-order valence-electron chi connectivity index (χ4n) is 2.83. The maximum atomic E-state index is 12.8. The number of carbonyl (C=O) groups excluding carboxylic acids is 2. The molecule has 0 spiro atoms. The molecule has 0 fully saturated rings. The van der Waals surface area contributed by atoms with Gasteiger partial charge >= 0.3 is 0 Å². The van der Waals surface area contributed by atoms with Crippen molar-refractivity contribution in [2.24, 2.45) is 5.92 Å². The number of anilines is 1. The van der Waals surface area contributed by atoms with Crippen LogP contribution in [0.3, 0.4) is 0 Å². The van der Waals surface area contributed by atoms with Crippen molar-refractivity contribution >= 4 is 29.1 Å². The summed E-state index contributed by atoms with van der Waals surface area (Å²) in [5, 5.41) is 5.93. The Morgan fingerprint density at radius 3 is 2.25 bits per heavy atom. The molecule has 28 heavy (non-hydrogen) atoms. The molecule has 2 amide bonds. The molecule has 2 aromatic carbocycles. The van der Waals surface area contributed by atoms with Gasteiger partial charge in [0.05, 0.1) is 10.7 Å². The topological polar surface area (TPSA) is 76.7 Å². The molecule has 1 heterocycles. The van der Waals surface area contributed by atoms with E-state index in [4.69, 9.17) is 21.1 Å². The van der Waals surface area contributed by atoms with E-state index < -0.39 is 6.04 Å². The molecule has 3 rings (SSSR count). The van der Waals surface area contributed by atoms with Crippen molar-refractivity contribution in [1.82, 2.24) is 5.32 Å². The van der Waals surface area contributed by atoms with Crippen LogP contribution in [0.15, 0.2) is 36.4 Å². The average molecular weight is 403 g/mol. The Bertz CT molecular complexity index is 881.